The van der Waals surface area contributed by atoms with Gasteiger partial charge in [0.1, 0.15) is 0 Å². The fourth-order valence-electron chi connectivity index (χ4n) is 0.847. The molecule has 0 aliphatic carbocycles. The minimum atomic E-state index is -4.16. The molecule has 1 aromatic heterocycles. The van der Waals surface area contributed by atoms with Crippen LogP contribution in [0.4, 0.5) is 23.2 Å². The molecule has 0 aliphatic heterocycles. The monoisotopic (exact) mass is 238 g/mol. The number of ether oxygens (including phenoxy) is 1. The van der Waals surface area contributed by atoms with Crippen molar-refractivity contribution in [3.63, 3.8) is 0 Å². The zero-order valence-electron chi connectivity index (χ0n) is 8.38. The summed E-state index contributed by atoms with van der Waals surface area (Å²) in [6.45, 7) is -1.39. The van der Waals surface area contributed by atoms with E-state index in [4.69, 9.17) is 0 Å². The molecule has 1 N–H and O–H groups in total. The first-order valence-corrected chi connectivity index (χ1v) is 4.38. The SMILES string of the molecule is CNc1ccc(OCC(F)(F)C(F)F)nc1. The summed E-state index contributed by atoms with van der Waals surface area (Å²) in [5.41, 5.74) is 0.660. The van der Waals surface area contributed by atoms with Crippen LogP contribution in [0.25, 0.3) is 0 Å². The maximum absolute atomic E-state index is 12.5. The lowest BCUT2D eigenvalue weighted by molar-refractivity contribution is -0.148. The number of anilines is 1. The first kappa shape index (κ1) is 12.5. The molecule has 90 valence electrons. The van der Waals surface area contributed by atoms with E-state index in [0.717, 1.165) is 0 Å². The summed E-state index contributed by atoms with van der Waals surface area (Å²) in [5, 5.41) is 2.76. The highest BCUT2D eigenvalue weighted by Crippen LogP contribution is 2.23. The fraction of sp³-hybridized carbons (Fsp3) is 0.444. The Hall–Kier alpha value is -1.53. The standard InChI is InChI=1S/C9H10F4N2O/c1-14-6-2-3-7(15-4-6)16-5-9(12,13)8(10)11/h2-4,8,14H,5H2,1H3. The Balaban J connectivity index is 2.54. The number of hydrogen-bond donors (Lipinski definition) is 1. The van der Waals surface area contributed by atoms with Crippen molar-refractivity contribution in [1.29, 1.82) is 0 Å². The Bertz CT molecular complexity index is 329. The van der Waals surface area contributed by atoms with Gasteiger partial charge in [0.05, 0.1) is 11.9 Å². The number of nitrogens with one attached hydrogen (secondary N) is 1. The molecular formula is C9H10F4N2O. The van der Waals surface area contributed by atoms with Crippen LogP contribution in [-0.4, -0.2) is 31.0 Å². The average molecular weight is 238 g/mol. The van der Waals surface area contributed by atoms with E-state index in [0.29, 0.717) is 5.69 Å². The molecule has 0 saturated carbocycles. The van der Waals surface area contributed by atoms with Gasteiger partial charge in [0.15, 0.2) is 6.61 Å². The quantitative estimate of drug-likeness (QED) is 0.800. The molecule has 0 unspecified atom stereocenters. The number of rotatable bonds is 5. The lowest BCUT2D eigenvalue weighted by atomic mass is 10.4. The van der Waals surface area contributed by atoms with E-state index < -0.39 is 19.0 Å². The van der Waals surface area contributed by atoms with E-state index in [2.05, 4.69) is 15.0 Å². The van der Waals surface area contributed by atoms with Gasteiger partial charge in [-0.2, -0.15) is 8.78 Å². The van der Waals surface area contributed by atoms with Gasteiger partial charge in [-0.25, -0.2) is 13.8 Å². The van der Waals surface area contributed by atoms with Gasteiger partial charge in [-0.05, 0) is 6.07 Å². The molecule has 0 atom stereocenters. The van der Waals surface area contributed by atoms with E-state index in [9.17, 15) is 17.6 Å². The molecule has 3 nitrogen and oxygen atoms in total. The van der Waals surface area contributed by atoms with E-state index in [1.54, 1.807) is 7.05 Å². The number of nitrogens with zero attached hydrogens (tertiary/aromatic N) is 1. The molecule has 1 aromatic rings. The molecule has 0 aliphatic rings. The third-order valence-electron chi connectivity index (χ3n) is 1.76. The summed E-state index contributed by atoms with van der Waals surface area (Å²) in [7, 11) is 1.66. The third-order valence-corrected chi connectivity index (χ3v) is 1.76. The third kappa shape index (κ3) is 3.25. The summed E-state index contributed by atoms with van der Waals surface area (Å²) >= 11 is 0. The van der Waals surface area contributed by atoms with Crippen LogP contribution >= 0.6 is 0 Å². The molecule has 16 heavy (non-hydrogen) atoms. The Labute approximate surface area is 89.4 Å². The van der Waals surface area contributed by atoms with Crippen LogP contribution in [0.15, 0.2) is 18.3 Å². The Morgan fingerprint density at radius 2 is 2.12 bits per heavy atom. The lowest BCUT2D eigenvalue weighted by Gasteiger charge is -2.15. The Morgan fingerprint density at radius 1 is 1.44 bits per heavy atom. The molecule has 1 heterocycles. The molecule has 0 aromatic carbocycles. The summed E-state index contributed by atoms with van der Waals surface area (Å²) in [5.74, 6) is -4.29. The maximum Gasteiger partial charge on any atom is 0.340 e. The number of halogens is 4. The number of pyridine rings is 1. The highest BCUT2D eigenvalue weighted by Gasteiger charge is 2.41. The average Bonchev–Trinajstić information content (AvgIpc) is 2.27. The molecule has 0 saturated heterocycles. The summed E-state index contributed by atoms with van der Waals surface area (Å²) in [6.07, 6.45) is -2.40. The van der Waals surface area contributed by atoms with Gasteiger partial charge in [-0.3, -0.25) is 0 Å². The number of aromatic nitrogens is 1. The van der Waals surface area contributed by atoms with Crippen LogP contribution in [-0.2, 0) is 0 Å². The van der Waals surface area contributed by atoms with Gasteiger partial charge in [0.2, 0.25) is 5.88 Å². The van der Waals surface area contributed by atoms with Crippen LogP contribution in [0.1, 0.15) is 0 Å². The van der Waals surface area contributed by atoms with Crippen LogP contribution < -0.4 is 10.1 Å². The molecule has 0 spiro atoms. The first-order valence-electron chi connectivity index (χ1n) is 4.38. The molecule has 0 bridgehead atoms. The van der Waals surface area contributed by atoms with E-state index in [1.165, 1.54) is 18.3 Å². The van der Waals surface area contributed by atoms with E-state index >= 15 is 0 Å². The van der Waals surface area contributed by atoms with Crippen LogP contribution in [0.2, 0.25) is 0 Å². The highest BCUT2D eigenvalue weighted by molar-refractivity contribution is 5.40. The van der Waals surface area contributed by atoms with E-state index in [-0.39, 0.29) is 5.88 Å². The minimum absolute atomic E-state index is 0.126. The van der Waals surface area contributed by atoms with Crippen LogP contribution in [0.3, 0.4) is 0 Å². The summed E-state index contributed by atoms with van der Waals surface area (Å²) in [4.78, 5) is 3.65. The molecule has 7 heteroatoms. The van der Waals surface area contributed by atoms with Gasteiger partial charge < -0.3 is 10.1 Å². The second-order valence-electron chi connectivity index (χ2n) is 2.99. The minimum Gasteiger partial charge on any atom is -0.471 e. The molecule has 1 rings (SSSR count). The molecular weight excluding hydrogens is 228 g/mol. The van der Waals surface area contributed by atoms with Gasteiger partial charge in [-0.1, -0.05) is 0 Å². The van der Waals surface area contributed by atoms with Crippen molar-refractivity contribution in [3.8, 4) is 5.88 Å². The fourth-order valence-corrected chi connectivity index (χ4v) is 0.847. The molecule has 0 radical (unpaired) electrons. The highest BCUT2D eigenvalue weighted by atomic mass is 19.3. The van der Waals surface area contributed by atoms with Crippen molar-refractivity contribution >= 4 is 5.69 Å². The Morgan fingerprint density at radius 3 is 2.56 bits per heavy atom. The lowest BCUT2D eigenvalue weighted by Crippen LogP contribution is -2.33. The molecule has 0 amide bonds. The van der Waals surface area contributed by atoms with Crippen molar-refractivity contribution in [3.05, 3.63) is 18.3 Å². The molecule has 0 fully saturated rings. The van der Waals surface area contributed by atoms with Crippen molar-refractivity contribution in [2.75, 3.05) is 19.0 Å². The second-order valence-corrected chi connectivity index (χ2v) is 2.99. The van der Waals surface area contributed by atoms with Crippen LogP contribution in [0, 0.1) is 0 Å². The van der Waals surface area contributed by atoms with Gasteiger partial charge in [0.25, 0.3) is 0 Å². The number of hydrogen-bond acceptors (Lipinski definition) is 3. The Kier molecular flexibility index (Phi) is 3.92. The van der Waals surface area contributed by atoms with Gasteiger partial charge in [0, 0.05) is 13.1 Å². The van der Waals surface area contributed by atoms with Gasteiger partial charge in [-0.15, -0.1) is 0 Å². The van der Waals surface area contributed by atoms with Gasteiger partial charge >= 0.3 is 12.3 Å². The van der Waals surface area contributed by atoms with Crippen molar-refractivity contribution in [2.24, 2.45) is 0 Å². The maximum atomic E-state index is 12.5. The zero-order valence-corrected chi connectivity index (χ0v) is 8.38. The smallest absolute Gasteiger partial charge is 0.340 e. The second kappa shape index (κ2) is 5.00. The summed E-state index contributed by atoms with van der Waals surface area (Å²) in [6, 6.07) is 2.84. The van der Waals surface area contributed by atoms with E-state index in [1.807, 2.05) is 0 Å². The predicted octanol–water partition coefficient (Wildman–Crippen LogP) is 2.40. The van der Waals surface area contributed by atoms with Crippen LogP contribution in [0.5, 0.6) is 5.88 Å². The number of alkyl halides is 4. The van der Waals surface area contributed by atoms with Crippen molar-refractivity contribution in [1.82, 2.24) is 4.98 Å². The van der Waals surface area contributed by atoms with Crippen molar-refractivity contribution < 1.29 is 22.3 Å². The zero-order chi connectivity index (χ0) is 12.2. The topological polar surface area (TPSA) is 34.1 Å². The van der Waals surface area contributed by atoms with Crippen molar-refractivity contribution in [2.45, 2.75) is 12.3 Å². The largest absolute Gasteiger partial charge is 0.471 e. The normalized spacial score (nSPS) is 11.6. The first-order chi connectivity index (χ1) is 7.45. The summed E-state index contributed by atoms with van der Waals surface area (Å²) < 4.78 is 52.9. The predicted molar refractivity (Wildman–Crippen MR) is 50.2 cm³/mol.